The van der Waals surface area contributed by atoms with Crippen molar-refractivity contribution >= 4 is 44.8 Å². The number of amides is 1. The van der Waals surface area contributed by atoms with Crippen LogP contribution in [0.25, 0.3) is 0 Å². The number of anilines is 1. The lowest BCUT2D eigenvalue weighted by atomic mass is 9.82. The maximum absolute atomic E-state index is 13.5. The Balaban J connectivity index is 2.43. The van der Waals surface area contributed by atoms with Crippen molar-refractivity contribution in [1.29, 1.82) is 0 Å². The minimum Gasteiger partial charge on any atom is -0.350 e. The molecule has 0 aliphatic rings. The molecule has 0 unspecified atom stereocenters. The Kier molecular flexibility index (Phi) is 7.72. The summed E-state index contributed by atoms with van der Waals surface area (Å²) in [6.07, 6.45) is 0.722. The Morgan fingerprint density at radius 2 is 1.48 bits per heavy atom. The number of rotatable bonds is 7. The van der Waals surface area contributed by atoms with Crippen LogP contribution in [0.3, 0.4) is 0 Å². The Hall–Kier alpha value is -1.76. The molecule has 1 N–H and O–H groups in total. The van der Waals surface area contributed by atoms with Gasteiger partial charge in [0.1, 0.15) is 6.54 Å². The van der Waals surface area contributed by atoms with Gasteiger partial charge in [0.05, 0.1) is 10.6 Å². The van der Waals surface area contributed by atoms with Crippen LogP contribution < -0.4 is 9.62 Å². The summed E-state index contributed by atoms with van der Waals surface area (Å²) in [6, 6.07) is 10.9. The number of halogens is 2. The van der Waals surface area contributed by atoms with Gasteiger partial charge in [0.2, 0.25) is 5.91 Å². The summed E-state index contributed by atoms with van der Waals surface area (Å²) in [5.41, 5.74) is 0.630. The van der Waals surface area contributed by atoms with E-state index in [2.05, 4.69) is 26.1 Å². The van der Waals surface area contributed by atoms with Crippen molar-refractivity contribution in [3.63, 3.8) is 0 Å². The largest absolute Gasteiger partial charge is 0.350 e. The third kappa shape index (κ3) is 7.41. The lowest BCUT2D eigenvalue weighted by Crippen LogP contribution is -2.50. The number of hydrogen-bond donors (Lipinski definition) is 1. The highest BCUT2D eigenvalue weighted by molar-refractivity contribution is 7.92. The molecule has 2 aromatic rings. The van der Waals surface area contributed by atoms with Crippen molar-refractivity contribution in [2.75, 3.05) is 10.8 Å². The van der Waals surface area contributed by atoms with Crippen LogP contribution in [0, 0.1) is 12.3 Å². The predicted octanol–water partition coefficient (Wildman–Crippen LogP) is 5.83. The van der Waals surface area contributed by atoms with Gasteiger partial charge in [0.25, 0.3) is 10.0 Å². The van der Waals surface area contributed by atoms with E-state index in [-0.39, 0.29) is 26.0 Å². The highest BCUT2D eigenvalue weighted by Gasteiger charge is 2.31. The molecular formula is C23H30Cl2N2O3S. The van der Waals surface area contributed by atoms with Crippen molar-refractivity contribution in [1.82, 2.24) is 5.32 Å². The summed E-state index contributed by atoms with van der Waals surface area (Å²) >= 11 is 12.2. The molecule has 0 radical (unpaired) electrons. The van der Waals surface area contributed by atoms with E-state index in [9.17, 15) is 13.2 Å². The maximum Gasteiger partial charge on any atom is 0.264 e. The van der Waals surface area contributed by atoms with E-state index in [1.807, 2.05) is 20.8 Å². The molecule has 0 fully saturated rings. The Morgan fingerprint density at radius 1 is 0.968 bits per heavy atom. The van der Waals surface area contributed by atoms with Crippen molar-refractivity contribution in [2.45, 2.75) is 58.4 Å². The van der Waals surface area contributed by atoms with Crippen LogP contribution in [0.5, 0.6) is 0 Å². The van der Waals surface area contributed by atoms with E-state index in [0.29, 0.717) is 0 Å². The lowest BCUT2D eigenvalue weighted by Gasteiger charge is -2.34. The molecule has 2 aromatic carbocycles. The summed E-state index contributed by atoms with van der Waals surface area (Å²) in [5, 5.41) is 3.52. The van der Waals surface area contributed by atoms with Crippen molar-refractivity contribution in [3.8, 4) is 0 Å². The van der Waals surface area contributed by atoms with E-state index in [1.54, 1.807) is 12.1 Å². The van der Waals surface area contributed by atoms with Gasteiger partial charge >= 0.3 is 0 Å². The van der Waals surface area contributed by atoms with Gasteiger partial charge in [-0.3, -0.25) is 9.10 Å². The minimum atomic E-state index is -4.03. The van der Waals surface area contributed by atoms with E-state index >= 15 is 0 Å². The van der Waals surface area contributed by atoms with Gasteiger partial charge in [0, 0.05) is 15.6 Å². The van der Waals surface area contributed by atoms with Crippen molar-refractivity contribution < 1.29 is 13.2 Å². The van der Waals surface area contributed by atoms with Crippen molar-refractivity contribution in [2.24, 2.45) is 5.41 Å². The summed E-state index contributed by atoms with van der Waals surface area (Å²) in [4.78, 5) is 13.0. The summed E-state index contributed by atoms with van der Waals surface area (Å²) in [5.74, 6) is -0.416. The zero-order valence-corrected chi connectivity index (χ0v) is 21.1. The number of carbonyl (C=O) groups is 1. The highest BCUT2D eigenvalue weighted by Crippen LogP contribution is 2.30. The van der Waals surface area contributed by atoms with Gasteiger partial charge in [-0.25, -0.2) is 8.42 Å². The summed E-state index contributed by atoms with van der Waals surface area (Å²) in [6.45, 7) is 11.6. The smallest absolute Gasteiger partial charge is 0.264 e. The first-order valence-corrected chi connectivity index (χ1v) is 12.2. The van der Waals surface area contributed by atoms with Crippen LogP contribution in [-0.2, 0) is 14.8 Å². The molecule has 31 heavy (non-hydrogen) atoms. The number of aryl methyl sites for hydroxylation is 1. The SMILES string of the molecule is Cc1ccc(S(=O)(=O)N(CC(=O)NC(C)(C)CC(C)(C)C)c2cc(Cl)cc(Cl)c2)cc1. The van der Waals surface area contributed by atoms with Crippen LogP contribution >= 0.6 is 23.2 Å². The Bertz CT molecular complexity index is 1020. The van der Waals surface area contributed by atoms with Gasteiger partial charge in [0.15, 0.2) is 0 Å². The molecule has 0 heterocycles. The van der Waals surface area contributed by atoms with E-state index in [4.69, 9.17) is 23.2 Å². The lowest BCUT2D eigenvalue weighted by molar-refractivity contribution is -0.121. The monoisotopic (exact) mass is 484 g/mol. The molecule has 0 bridgehead atoms. The van der Waals surface area contributed by atoms with E-state index in [1.165, 1.54) is 30.3 Å². The molecule has 2 rings (SSSR count). The first kappa shape index (κ1) is 25.5. The van der Waals surface area contributed by atoms with Gasteiger partial charge in [-0.15, -0.1) is 0 Å². The third-order valence-electron chi connectivity index (χ3n) is 4.48. The van der Waals surface area contributed by atoms with Crippen LogP contribution in [0.15, 0.2) is 47.4 Å². The number of benzene rings is 2. The van der Waals surface area contributed by atoms with Gasteiger partial charge in [-0.1, -0.05) is 61.7 Å². The maximum atomic E-state index is 13.5. The standard InChI is InChI=1S/C23H30Cl2N2O3S/c1-16-7-9-20(10-8-16)31(29,30)27(19-12-17(24)11-18(25)13-19)14-21(28)26-23(5,6)15-22(2,3)4/h7-13H,14-15H2,1-6H3,(H,26,28). The second-order valence-corrected chi connectivity index (χ2v) is 12.4. The quantitative estimate of drug-likeness (QED) is 0.537. The van der Waals surface area contributed by atoms with E-state index in [0.717, 1.165) is 16.3 Å². The number of nitrogens with zero attached hydrogens (tertiary/aromatic N) is 1. The molecule has 8 heteroatoms. The Morgan fingerprint density at radius 3 is 1.97 bits per heavy atom. The highest BCUT2D eigenvalue weighted by atomic mass is 35.5. The average Bonchev–Trinajstić information content (AvgIpc) is 2.56. The molecule has 0 saturated carbocycles. The van der Waals surface area contributed by atoms with Crippen LogP contribution in [0.4, 0.5) is 5.69 Å². The molecule has 5 nitrogen and oxygen atoms in total. The molecular weight excluding hydrogens is 455 g/mol. The molecule has 0 aliphatic carbocycles. The van der Waals surface area contributed by atoms with Crippen LogP contribution in [-0.4, -0.2) is 26.4 Å². The summed E-state index contributed by atoms with van der Waals surface area (Å²) < 4.78 is 28.0. The normalized spacial score (nSPS) is 12.5. The second-order valence-electron chi connectivity index (χ2n) is 9.62. The van der Waals surface area contributed by atoms with Gasteiger partial charge in [-0.2, -0.15) is 0 Å². The minimum absolute atomic E-state index is 0.00901. The second kappa shape index (κ2) is 9.39. The zero-order valence-electron chi connectivity index (χ0n) is 18.8. The molecule has 0 atom stereocenters. The fourth-order valence-corrected chi connectivity index (χ4v) is 5.67. The third-order valence-corrected chi connectivity index (χ3v) is 6.71. The fraction of sp³-hybridized carbons (Fsp3) is 0.435. The number of nitrogens with one attached hydrogen (secondary N) is 1. The van der Waals surface area contributed by atoms with Crippen molar-refractivity contribution in [3.05, 3.63) is 58.1 Å². The Labute approximate surface area is 195 Å². The molecule has 0 saturated heterocycles. The van der Waals surface area contributed by atoms with Crippen LogP contribution in [0.2, 0.25) is 10.0 Å². The van der Waals surface area contributed by atoms with E-state index < -0.39 is 28.0 Å². The predicted molar refractivity (Wildman–Crippen MR) is 128 cm³/mol. The fourth-order valence-electron chi connectivity index (χ4n) is 3.75. The molecule has 0 aliphatic heterocycles. The van der Waals surface area contributed by atoms with Crippen LogP contribution in [0.1, 0.15) is 46.6 Å². The number of sulfonamides is 1. The summed E-state index contributed by atoms with van der Waals surface area (Å²) in [7, 11) is -4.03. The molecule has 0 spiro atoms. The average molecular weight is 485 g/mol. The first-order chi connectivity index (χ1) is 14.1. The van der Waals surface area contributed by atoms with Gasteiger partial charge < -0.3 is 5.32 Å². The van der Waals surface area contributed by atoms with Gasteiger partial charge in [-0.05, 0) is 62.9 Å². The first-order valence-electron chi connectivity index (χ1n) is 9.96. The topological polar surface area (TPSA) is 66.5 Å². The molecule has 1 amide bonds. The number of carbonyl (C=O) groups excluding carboxylic acids is 1. The zero-order chi connectivity index (χ0) is 23.6. The molecule has 0 aromatic heterocycles. The number of hydrogen-bond acceptors (Lipinski definition) is 3. The molecule has 170 valence electrons.